The van der Waals surface area contributed by atoms with Crippen molar-refractivity contribution < 1.29 is 9.57 Å². The van der Waals surface area contributed by atoms with E-state index in [4.69, 9.17) is 14.6 Å². The van der Waals surface area contributed by atoms with E-state index >= 15 is 0 Å². The van der Waals surface area contributed by atoms with Gasteiger partial charge in [0.05, 0.1) is 18.7 Å². The van der Waals surface area contributed by atoms with Gasteiger partial charge in [-0.15, -0.1) is 16.4 Å². The fourth-order valence-electron chi connectivity index (χ4n) is 3.62. The van der Waals surface area contributed by atoms with Gasteiger partial charge in [0.2, 0.25) is 0 Å². The van der Waals surface area contributed by atoms with Crippen LogP contribution in [0.5, 0.6) is 5.75 Å². The third kappa shape index (κ3) is 2.99. The third-order valence-corrected chi connectivity index (χ3v) is 6.13. The highest BCUT2D eigenvalue weighted by atomic mass is 32.1. The molecule has 0 N–H and O–H groups in total. The number of thiophene rings is 1. The van der Waals surface area contributed by atoms with Crippen molar-refractivity contribution >= 4 is 33.4 Å². The summed E-state index contributed by atoms with van der Waals surface area (Å²) in [5.41, 5.74) is 3.11. The summed E-state index contributed by atoms with van der Waals surface area (Å²) >= 11 is 1.79. The van der Waals surface area contributed by atoms with Gasteiger partial charge < -0.3 is 9.57 Å². The second-order valence-corrected chi connectivity index (χ2v) is 7.77. The lowest BCUT2D eigenvalue weighted by Crippen LogP contribution is -1.99. The first-order chi connectivity index (χ1) is 13.8. The van der Waals surface area contributed by atoms with E-state index in [9.17, 15) is 0 Å². The zero-order chi connectivity index (χ0) is 18.9. The van der Waals surface area contributed by atoms with Crippen LogP contribution in [0.1, 0.15) is 34.7 Å². The van der Waals surface area contributed by atoms with Crippen molar-refractivity contribution in [2.75, 3.05) is 7.11 Å². The number of aryl methyl sites for hydroxylation is 2. The van der Waals surface area contributed by atoms with Crippen LogP contribution in [0.15, 0.2) is 35.7 Å². The fourth-order valence-corrected chi connectivity index (χ4v) is 4.85. The minimum Gasteiger partial charge on any atom is -0.496 e. The van der Waals surface area contributed by atoms with Gasteiger partial charge in [-0.25, -0.2) is 14.5 Å². The van der Waals surface area contributed by atoms with Crippen LogP contribution < -0.4 is 4.74 Å². The Balaban J connectivity index is 1.39. The van der Waals surface area contributed by atoms with Crippen LogP contribution in [0.3, 0.4) is 0 Å². The zero-order valence-electron chi connectivity index (χ0n) is 15.5. The first-order valence-corrected chi connectivity index (χ1v) is 10.1. The molecule has 7 nitrogen and oxygen atoms in total. The molecule has 0 saturated carbocycles. The predicted octanol–water partition coefficient (Wildman–Crippen LogP) is 3.78. The van der Waals surface area contributed by atoms with E-state index in [-0.39, 0.29) is 6.61 Å². The molecule has 3 aromatic heterocycles. The van der Waals surface area contributed by atoms with Crippen molar-refractivity contribution in [1.82, 2.24) is 19.6 Å². The van der Waals surface area contributed by atoms with Gasteiger partial charge in [0, 0.05) is 10.4 Å². The first-order valence-electron chi connectivity index (χ1n) is 9.26. The Hall–Kier alpha value is -3.00. The van der Waals surface area contributed by atoms with Crippen molar-refractivity contribution in [3.8, 4) is 5.75 Å². The van der Waals surface area contributed by atoms with Gasteiger partial charge in [-0.2, -0.15) is 0 Å². The number of aromatic nitrogens is 4. The van der Waals surface area contributed by atoms with Crippen LogP contribution in [0.4, 0.5) is 0 Å². The molecule has 0 atom stereocenters. The minimum atomic E-state index is 0.196. The zero-order valence-corrected chi connectivity index (χ0v) is 16.3. The average molecular weight is 393 g/mol. The molecule has 0 radical (unpaired) electrons. The van der Waals surface area contributed by atoms with Crippen LogP contribution in [0.2, 0.25) is 0 Å². The average Bonchev–Trinajstić information content (AvgIpc) is 3.31. The third-order valence-electron chi connectivity index (χ3n) is 4.93. The largest absolute Gasteiger partial charge is 0.496 e. The van der Waals surface area contributed by atoms with Gasteiger partial charge in [-0.1, -0.05) is 17.3 Å². The summed E-state index contributed by atoms with van der Waals surface area (Å²) in [7, 11) is 1.63. The fraction of sp³-hybridized carbons (Fsp3) is 0.300. The lowest BCUT2D eigenvalue weighted by Gasteiger charge is -2.09. The highest BCUT2D eigenvalue weighted by Gasteiger charge is 2.20. The van der Waals surface area contributed by atoms with Crippen LogP contribution in [-0.2, 0) is 24.3 Å². The SMILES string of the molecule is COc1ccccc1/C=N/OCc1nc2c3c4c(sc3ncn2n1)CCCC4. The highest BCUT2D eigenvalue weighted by molar-refractivity contribution is 7.19. The molecule has 0 unspecified atom stereocenters. The van der Waals surface area contributed by atoms with Gasteiger partial charge in [0.1, 0.15) is 16.9 Å². The van der Waals surface area contributed by atoms with Gasteiger partial charge in [0.25, 0.3) is 0 Å². The van der Waals surface area contributed by atoms with E-state index in [0.29, 0.717) is 5.82 Å². The van der Waals surface area contributed by atoms with Crippen molar-refractivity contribution in [1.29, 1.82) is 0 Å². The number of oxime groups is 1. The molecule has 1 aliphatic carbocycles. The van der Waals surface area contributed by atoms with Crippen LogP contribution in [0, 0.1) is 0 Å². The number of methoxy groups -OCH3 is 1. The Morgan fingerprint density at radius 3 is 3.07 bits per heavy atom. The molecule has 28 heavy (non-hydrogen) atoms. The summed E-state index contributed by atoms with van der Waals surface area (Å²) in [4.78, 5) is 17.2. The summed E-state index contributed by atoms with van der Waals surface area (Å²) in [6.45, 7) is 0.196. The molecule has 1 aliphatic rings. The summed E-state index contributed by atoms with van der Waals surface area (Å²) in [5, 5.41) is 9.68. The van der Waals surface area contributed by atoms with Crippen molar-refractivity contribution in [2.24, 2.45) is 5.16 Å². The predicted molar refractivity (Wildman–Crippen MR) is 108 cm³/mol. The van der Waals surface area contributed by atoms with Crippen LogP contribution >= 0.6 is 11.3 Å². The standard InChI is InChI=1S/C20H19N5O2S/c1-26-15-8-4-2-6-13(15)10-22-27-11-17-23-19-18-14-7-3-5-9-16(14)28-20(18)21-12-25(19)24-17/h2,4,6,8,10,12H,3,5,7,9,11H2,1H3/b22-10+. The van der Waals surface area contributed by atoms with Gasteiger partial charge in [-0.3, -0.25) is 0 Å². The maximum Gasteiger partial charge on any atom is 0.192 e. The van der Waals surface area contributed by atoms with Crippen LogP contribution in [-0.4, -0.2) is 32.9 Å². The van der Waals surface area contributed by atoms with E-state index < -0.39 is 0 Å². The Morgan fingerprint density at radius 1 is 1.25 bits per heavy atom. The molecule has 4 aromatic rings. The van der Waals surface area contributed by atoms with Crippen LogP contribution in [0.25, 0.3) is 15.9 Å². The molecule has 3 heterocycles. The number of para-hydroxylation sites is 1. The van der Waals surface area contributed by atoms with E-state index in [1.54, 1.807) is 35.5 Å². The molecule has 0 amide bonds. The lowest BCUT2D eigenvalue weighted by atomic mass is 9.97. The number of ether oxygens (including phenoxy) is 1. The number of fused-ring (bicyclic) bond motifs is 5. The summed E-state index contributed by atoms with van der Waals surface area (Å²) in [6.07, 6.45) is 8.08. The monoisotopic (exact) mass is 393 g/mol. The lowest BCUT2D eigenvalue weighted by molar-refractivity contribution is 0.126. The highest BCUT2D eigenvalue weighted by Crippen LogP contribution is 2.36. The van der Waals surface area contributed by atoms with Gasteiger partial charge >= 0.3 is 0 Å². The summed E-state index contributed by atoms with van der Waals surface area (Å²) in [5.74, 6) is 1.33. The maximum atomic E-state index is 5.42. The molecule has 5 rings (SSSR count). The molecule has 8 heteroatoms. The Kier molecular flexibility index (Phi) is 4.40. The molecule has 0 aliphatic heterocycles. The van der Waals surface area contributed by atoms with Gasteiger partial charge in [-0.05, 0) is 43.4 Å². The second kappa shape index (κ2) is 7.20. The van der Waals surface area contributed by atoms with Crippen molar-refractivity contribution in [3.63, 3.8) is 0 Å². The number of rotatable bonds is 5. The minimum absolute atomic E-state index is 0.196. The molecule has 0 saturated heterocycles. The summed E-state index contributed by atoms with van der Waals surface area (Å²) < 4.78 is 7.04. The normalized spacial score (nSPS) is 14.0. The Bertz CT molecular complexity index is 1180. The van der Waals surface area contributed by atoms with Gasteiger partial charge in [0.15, 0.2) is 18.1 Å². The van der Waals surface area contributed by atoms with E-state index in [2.05, 4.69) is 15.2 Å². The first kappa shape index (κ1) is 17.1. The number of benzene rings is 1. The topological polar surface area (TPSA) is 73.9 Å². The Labute approximate surface area is 165 Å². The molecular weight excluding hydrogens is 374 g/mol. The smallest absolute Gasteiger partial charge is 0.192 e. The Morgan fingerprint density at radius 2 is 2.14 bits per heavy atom. The second-order valence-electron chi connectivity index (χ2n) is 6.68. The van der Waals surface area contributed by atoms with Crippen molar-refractivity contribution in [3.05, 3.63) is 52.4 Å². The molecule has 0 bridgehead atoms. The van der Waals surface area contributed by atoms with E-state index in [1.165, 1.54) is 23.3 Å². The molecule has 0 fully saturated rings. The quantitative estimate of drug-likeness (QED) is 0.381. The molecule has 0 spiro atoms. The van der Waals surface area contributed by atoms with E-state index in [1.807, 2.05) is 24.3 Å². The number of nitrogens with zero attached hydrogens (tertiary/aromatic N) is 5. The number of hydrogen-bond acceptors (Lipinski definition) is 7. The maximum absolute atomic E-state index is 5.42. The van der Waals surface area contributed by atoms with E-state index in [0.717, 1.165) is 40.0 Å². The summed E-state index contributed by atoms with van der Waals surface area (Å²) in [6, 6.07) is 7.63. The molecule has 142 valence electrons. The molecular formula is C20H19N5O2S. The van der Waals surface area contributed by atoms with Crippen molar-refractivity contribution in [2.45, 2.75) is 32.3 Å². The molecule has 1 aromatic carbocycles. The number of hydrogen-bond donors (Lipinski definition) is 0.